The number of aliphatic hydroxyl groups excluding tert-OH is 1. The fraction of sp³-hybridized carbons (Fsp3) is 0.500. The van der Waals surface area contributed by atoms with Crippen LogP contribution in [0, 0.1) is 6.92 Å². The molecule has 2 aromatic heterocycles. The average molecular weight is 222 g/mol. The molecule has 2 rings (SSSR count). The van der Waals surface area contributed by atoms with E-state index in [1.807, 2.05) is 19.9 Å². The third-order valence-electron chi connectivity index (χ3n) is 2.29. The van der Waals surface area contributed by atoms with Crippen molar-refractivity contribution in [3.63, 3.8) is 0 Å². The molecule has 0 amide bonds. The zero-order valence-electron chi connectivity index (χ0n) is 9.29. The van der Waals surface area contributed by atoms with Crippen molar-refractivity contribution in [1.82, 2.24) is 20.2 Å². The Labute approximate surface area is 92.9 Å². The molecule has 0 aromatic carbocycles. The Morgan fingerprint density at radius 3 is 3.00 bits per heavy atom. The molecular weight excluding hydrogens is 208 g/mol. The maximum Gasteiger partial charge on any atom is 0.133 e. The summed E-state index contributed by atoms with van der Waals surface area (Å²) in [6.45, 7) is 4.23. The zero-order chi connectivity index (χ0) is 11.5. The van der Waals surface area contributed by atoms with Crippen molar-refractivity contribution in [2.24, 2.45) is 0 Å². The minimum atomic E-state index is -0.548. The number of aliphatic hydroxyl groups is 1. The van der Waals surface area contributed by atoms with Crippen molar-refractivity contribution >= 4 is 0 Å². The van der Waals surface area contributed by atoms with Gasteiger partial charge in [-0.1, -0.05) is 17.3 Å². The van der Waals surface area contributed by atoms with Crippen LogP contribution in [0.1, 0.15) is 36.6 Å². The van der Waals surface area contributed by atoms with Crippen LogP contribution >= 0.6 is 0 Å². The zero-order valence-corrected chi connectivity index (χ0v) is 9.29. The smallest absolute Gasteiger partial charge is 0.133 e. The van der Waals surface area contributed by atoms with Crippen LogP contribution in [-0.2, 0) is 6.54 Å². The van der Waals surface area contributed by atoms with Gasteiger partial charge in [-0.05, 0) is 13.3 Å². The molecule has 1 unspecified atom stereocenters. The molecule has 2 aromatic rings. The van der Waals surface area contributed by atoms with E-state index in [9.17, 15) is 5.11 Å². The minimum Gasteiger partial charge on any atom is -0.387 e. The second-order valence-corrected chi connectivity index (χ2v) is 3.69. The molecule has 0 aliphatic rings. The molecule has 0 bridgehead atoms. The van der Waals surface area contributed by atoms with E-state index in [-0.39, 0.29) is 0 Å². The minimum absolute atomic E-state index is 0.501. The van der Waals surface area contributed by atoms with Gasteiger partial charge in [-0.25, -0.2) is 4.68 Å². The van der Waals surface area contributed by atoms with Crippen LogP contribution in [0.25, 0.3) is 0 Å². The van der Waals surface area contributed by atoms with E-state index in [4.69, 9.17) is 4.52 Å². The first-order valence-corrected chi connectivity index (χ1v) is 5.19. The highest BCUT2D eigenvalue weighted by atomic mass is 16.5. The number of rotatable bonds is 4. The molecular formula is C10H14N4O2. The molecule has 0 spiro atoms. The third kappa shape index (κ3) is 2.27. The number of hydrogen-bond acceptors (Lipinski definition) is 5. The highest BCUT2D eigenvalue weighted by Gasteiger charge is 2.10. The van der Waals surface area contributed by atoms with E-state index in [1.165, 1.54) is 0 Å². The van der Waals surface area contributed by atoms with Gasteiger partial charge in [-0.2, -0.15) is 0 Å². The van der Waals surface area contributed by atoms with Gasteiger partial charge in [-0.3, -0.25) is 0 Å². The molecule has 0 radical (unpaired) electrons. The highest BCUT2D eigenvalue weighted by molar-refractivity contribution is 5.05. The van der Waals surface area contributed by atoms with Crippen molar-refractivity contribution in [2.45, 2.75) is 32.9 Å². The second kappa shape index (κ2) is 4.44. The lowest BCUT2D eigenvalue weighted by molar-refractivity contribution is 0.168. The fourth-order valence-corrected chi connectivity index (χ4v) is 1.41. The Morgan fingerprint density at radius 2 is 2.38 bits per heavy atom. The van der Waals surface area contributed by atoms with E-state index >= 15 is 0 Å². The molecule has 1 N–H and O–H groups in total. The summed E-state index contributed by atoms with van der Waals surface area (Å²) >= 11 is 0. The largest absolute Gasteiger partial charge is 0.387 e. The maximum atomic E-state index is 9.56. The first-order chi connectivity index (χ1) is 7.69. The average Bonchev–Trinajstić information content (AvgIpc) is 2.87. The number of hydrogen-bond donors (Lipinski definition) is 1. The number of aryl methyl sites for hydroxylation is 1. The van der Waals surface area contributed by atoms with Crippen molar-refractivity contribution in [3.05, 3.63) is 29.4 Å². The third-order valence-corrected chi connectivity index (χ3v) is 2.29. The Kier molecular flexibility index (Phi) is 3.00. The van der Waals surface area contributed by atoms with Crippen LogP contribution in [0.5, 0.6) is 0 Å². The standard InChI is InChI=1S/C10H14N4O2/c1-3-10(15)9-6-14(13-11-9)5-8-4-7(2)16-12-8/h4,6,10,15H,3,5H2,1-2H3. The first-order valence-electron chi connectivity index (χ1n) is 5.19. The van der Waals surface area contributed by atoms with Crippen LogP contribution in [0.15, 0.2) is 16.8 Å². The molecule has 86 valence electrons. The Balaban J connectivity index is 2.08. The molecule has 6 heteroatoms. The van der Waals surface area contributed by atoms with Crippen molar-refractivity contribution in [3.8, 4) is 0 Å². The Morgan fingerprint density at radius 1 is 1.56 bits per heavy atom. The summed E-state index contributed by atoms with van der Waals surface area (Å²) in [7, 11) is 0. The lowest BCUT2D eigenvalue weighted by atomic mass is 10.2. The van der Waals surface area contributed by atoms with E-state index in [2.05, 4.69) is 15.5 Å². The van der Waals surface area contributed by atoms with Crippen molar-refractivity contribution in [2.75, 3.05) is 0 Å². The van der Waals surface area contributed by atoms with Gasteiger partial charge < -0.3 is 9.63 Å². The molecule has 0 saturated heterocycles. The van der Waals surface area contributed by atoms with E-state index in [1.54, 1.807) is 10.9 Å². The van der Waals surface area contributed by atoms with Gasteiger partial charge in [0, 0.05) is 6.07 Å². The predicted octanol–water partition coefficient (Wildman–Crippen LogP) is 1.07. The monoisotopic (exact) mass is 222 g/mol. The van der Waals surface area contributed by atoms with Gasteiger partial charge in [0.1, 0.15) is 17.1 Å². The summed E-state index contributed by atoms with van der Waals surface area (Å²) in [6, 6.07) is 1.84. The Bertz CT molecular complexity index is 463. The van der Waals surface area contributed by atoms with Crippen LogP contribution in [0.3, 0.4) is 0 Å². The number of aromatic nitrogens is 4. The van der Waals surface area contributed by atoms with Gasteiger partial charge in [0.05, 0.1) is 18.8 Å². The molecule has 6 nitrogen and oxygen atoms in total. The van der Waals surface area contributed by atoms with E-state index < -0.39 is 6.10 Å². The van der Waals surface area contributed by atoms with E-state index in [0.717, 1.165) is 11.5 Å². The van der Waals surface area contributed by atoms with Gasteiger partial charge in [-0.15, -0.1) is 5.10 Å². The number of nitrogens with zero attached hydrogens (tertiary/aromatic N) is 4. The van der Waals surface area contributed by atoms with E-state index in [0.29, 0.717) is 18.7 Å². The predicted molar refractivity (Wildman–Crippen MR) is 55.6 cm³/mol. The molecule has 2 heterocycles. The van der Waals surface area contributed by atoms with Crippen LogP contribution in [-0.4, -0.2) is 25.3 Å². The topological polar surface area (TPSA) is 77.0 Å². The molecule has 1 atom stereocenters. The Hall–Kier alpha value is -1.69. The van der Waals surface area contributed by atoms with Gasteiger partial charge in [0.15, 0.2) is 0 Å². The van der Waals surface area contributed by atoms with Gasteiger partial charge in [0.25, 0.3) is 0 Å². The molecule has 0 fully saturated rings. The normalized spacial score (nSPS) is 12.9. The summed E-state index contributed by atoms with van der Waals surface area (Å²) in [6.07, 6.45) is 1.80. The lowest BCUT2D eigenvalue weighted by Gasteiger charge is -2.00. The quantitative estimate of drug-likeness (QED) is 0.837. The van der Waals surface area contributed by atoms with Crippen molar-refractivity contribution in [1.29, 1.82) is 0 Å². The summed E-state index contributed by atoms with van der Waals surface area (Å²) in [5.74, 6) is 0.768. The second-order valence-electron chi connectivity index (χ2n) is 3.69. The van der Waals surface area contributed by atoms with Gasteiger partial charge >= 0.3 is 0 Å². The summed E-state index contributed by atoms with van der Waals surface area (Å²) in [5.41, 5.74) is 1.38. The molecule has 0 saturated carbocycles. The fourth-order valence-electron chi connectivity index (χ4n) is 1.41. The molecule has 16 heavy (non-hydrogen) atoms. The molecule has 0 aliphatic carbocycles. The first kappa shape index (κ1) is 10.8. The van der Waals surface area contributed by atoms with Crippen LogP contribution in [0.4, 0.5) is 0 Å². The van der Waals surface area contributed by atoms with Crippen molar-refractivity contribution < 1.29 is 9.63 Å². The van der Waals surface area contributed by atoms with Crippen LogP contribution < -0.4 is 0 Å². The van der Waals surface area contributed by atoms with Gasteiger partial charge in [0.2, 0.25) is 0 Å². The molecule has 0 aliphatic heterocycles. The highest BCUT2D eigenvalue weighted by Crippen LogP contribution is 2.12. The van der Waals surface area contributed by atoms with Crippen LogP contribution in [0.2, 0.25) is 0 Å². The summed E-state index contributed by atoms with van der Waals surface area (Å²) in [5, 5.41) is 21.2. The lowest BCUT2D eigenvalue weighted by Crippen LogP contribution is -2.00. The summed E-state index contributed by atoms with van der Waals surface area (Å²) in [4.78, 5) is 0. The maximum absolute atomic E-state index is 9.56. The SMILES string of the molecule is CCC(O)c1cn(Cc2cc(C)on2)nn1. The summed E-state index contributed by atoms with van der Waals surface area (Å²) < 4.78 is 6.58.